The van der Waals surface area contributed by atoms with Crippen molar-refractivity contribution in [2.45, 2.75) is 25.4 Å². The number of tetrazole rings is 1. The summed E-state index contributed by atoms with van der Waals surface area (Å²) in [6.07, 6.45) is 2.84. The zero-order valence-corrected chi connectivity index (χ0v) is 22.2. The summed E-state index contributed by atoms with van der Waals surface area (Å²) in [6, 6.07) is 12.2. The number of anilines is 1. The normalized spacial score (nSPS) is 14.4. The number of nitrogens with one attached hydrogen (secondary N) is 3. The second-order valence-corrected chi connectivity index (χ2v) is 9.99. The van der Waals surface area contributed by atoms with Crippen LogP contribution in [0.15, 0.2) is 57.9 Å². The lowest BCUT2D eigenvalue weighted by Crippen LogP contribution is -2.30. The minimum atomic E-state index is -0.485. The van der Waals surface area contributed by atoms with Crippen LogP contribution >= 0.6 is 0 Å². The van der Waals surface area contributed by atoms with E-state index in [1.807, 2.05) is 18.2 Å². The maximum Gasteiger partial charge on any atom is 0.419 e. The number of aryl methyl sites for hydroxylation is 2. The number of nitrogens with two attached hydrogens (primary N) is 1. The fourth-order valence-corrected chi connectivity index (χ4v) is 5.24. The molecule has 4 heterocycles. The van der Waals surface area contributed by atoms with Crippen LogP contribution in [0, 0.1) is 0 Å². The molecular weight excluding hydrogens is 542 g/mol. The summed E-state index contributed by atoms with van der Waals surface area (Å²) in [5.74, 6) is -0.902. The number of aromatic nitrogens is 8. The smallest absolute Gasteiger partial charge is 0.408 e. The number of nitrogen functional groups attached to an aromatic ring is 1. The largest absolute Gasteiger partial charge is 0.419 e. The van der Waals surface area contributed by atoms with Crippen LogP contribution in [-0.2, 0) is 20.0 Å². The molecule has 0 saturated heterocycles. The highest BCUT2D eigenvalue weighted by atomic mass is 16.4. The summed E-state index contributed by atoms with van der Waals surface area (Å²) in [5, 5.41) is 24.2. The van der Waals surface area contributed by atoms with Crippen molar-refractivity contribution < 1.29 is 14.0 Å². The average Bonchev–Trinajstić information content (AvgIpc) is 3.80. The van der Waals surface area contributed by atoms with Crippen LogP contribution in [0.25, 0.3) is 28.1 Å². The summed E-state index contributed by atoms with van der Waals surface area (Å²) in [6.45, 7) is 0.154. The highest BCUT2D eigenvalue weighted by Crippen LogP contribution is 2.33. The lowest BCUT2D eigenvalue weighted by Gasteiger charge is -2.15. The van der Waals surface area contributed by atoms with Gasteiger partial charge in [0, 0.05) is 25.2 Å². The second-order valence-electron chi connectivity index (χ2n) is 9.99. The van der Waals surface area contributed by atoms with Crippen LogP contribution in [0.1, 0.15) is 50.1 Å². The predicted molar refractivity (Wildman–Crippen MR) is 148 cm³/mol. The summed E-state index contributed by atoms with van der Waals surface area (Å²) in [7, 11) is 1.61. The van der Waals surface area contributed by atoms with Gasteiger partial charge < -0.3 is 20.8 Å². The highest BCUT2D eigenvalue weighted by molar-refractivity contribution is 5.99. The maximum absolute atomic E-state index is 13.4. The van der Waals surface area contributed by atoms with E-state index in [4.69, 9.17) is 10.2 Å². The Kier molecular flexibility index (Phi) is 5.78. The minimum absolute atomic E-state index is 0.0338. The number of carbonyl (C=O) groups is 2. The Bertz CT molecular complexity index is 2070. The average molecular weight is 566 g/mol. The molecule has 0 bridgehead atoms. The zero-order chi connectivity index (χ0) is 29.0. The Labute approximate surface area is 235 Å². The van der Waals surface area contributed by atoms with Gasteiger partial charge in [-0.3, -0.25) is 14.2 Å². The van der Waals surface area contributed by atoms with Gasteiger partial charge in [0.05, 0.1) is 23.4 Å². The van der Waals surface area contributed by atoms with Crippen LogP contribution in [0.5, 0.6) is 0 Å². The first kappa shape index (κ1) is 25.1. The van der Waals surface area contributed by atoms with Gasteiger partial charge in [0.15, 0.2) is 11.2 Å². The number of hydrogen-bond donors (Lipinski definition) is 4. The van der Waals surface area contributed by atoms with Gasteiger partial charge in [0.2, 0.25) is 5.82 Å². The van der Waals surface area contributed by atoms with Crippen molar-refractivity contribution in [2.75, 3.05) is 5.73 Å². The fraction of sp³-hybridized carbons (Fsp3) is 0.185. The molecule has 210 valence electrons. The number of rotatable bonds is 6. The molecule has 6 aromatic rings. The second kappa shape index (κ2) is 9.65. The van der Waals surface area contributed by atoms with Crippen molar-refractivity contribution in [1.29, 1.82) is 0 Å². The molecule has 0 aliphatic heterocycles. The Balaban J connectivity index is 1.12. The molecule has 1 aliphatic carbocycles. The van der Waals surface area contributed by atoms with Crippen molar-refractivity contribution in [3.8, 4) is 11.4 Å². The number of fused-ring (bicyclic) bond motifs is 3. The monoisotopic (exact) mass is 565 g/mol. The van der Waals surface area contributed by atoms with Gasteiger partial charge in [0.25, 0.3) is 11.8 Å². The number of oxazole rings is 1. The molecule has 2 amide bonds. The highest BCUT2D eigenvalue weighted by Gasteiger charge is 2.27. The first-order valence-corrected chi connectivity index (χ1v) is 13.0. The van der Waals surface area contributed by atoms with Crippen LogP contribution in [-0.4, -0.2) is 51.6 Å². The van der Waals surface area contributed by atoms with Crippen molar-refractivity contribution in [3.05, 3.63) is 87.3 Å². The predicted octanol–water partition coefficient (Wildman–Crippen LogP) is 1.28. The fourth-order valence-electron chi connectivity index (χ4n) is 5.24. The van der Waals surface area contributed by atoms with E-state index in [1.54, 1.807) is 25.2 Å². The van der Waals surface area contributed by atoms with Crippen LogP contribution in [0.4, 0.5) is 5.69 Å². The Morgan fingerprint density at radius 2 is 2.05 bits per heavy atom. The number of carbonyl (C=O) groups excluding carboxylic acids is 2. The third-order valence-corrected chi connectivity index (χ3v) is 7.40. The van der Waals surface area contributed by atoms with E-state index in [-0.39, 0.29) is 35.3 Å². The van der Waals surface area contributed by atoms with Gasteiger partial charge in [-0.15, -0.1) is 10.2 Å². The Morgan fingerprint density at radius 1 is 1.17 bits per heavy atom. The van der Waals surface area contributed by atoms with Gasteiger partial charge in [0.1, 0.15) is 11.4 Å². The standard InChI is InChI=1S/C27H23N11O4/c1-37-20-8-13(2-7-22(20)42-27(37)41)11-29-26(40)21-10-19(31-24-17(28)12-30-38(21)24)25(39)32-18-6-4-14-9-15(3-5-16(14)18)23-33-35-36-34-23/h2-3,5,7-10,12,18H,4,6,11,28H2,1H3,(H,29,40)(H,32,39)(H,33,34,35,36)/t18-/m0/s1. The molecule has 2 aromatic carbocycles. The summed E-state index contributed by atoms with van der Waals surface area (Å²) >= 11 is 0. The van der Waals surface area contributed by atoms with Gasteiger partial charge in [-0.1, -0.05) is 18.2 Å². The molecule has 15 heteroatoms. The van der Waals surface area contributed by atoms with Crippen molar-refractivity contribution in [2.24, 2.45) is 7.05 Å². The molecule has 7 rings (SSSR count). The van der Waals surface area contributed by atoms with Crippen molar-refractivity contribution in [3.63, 3.8) is 0 Å². The lowest BCUT2D eigenvalue weighted by molar-refractivity contribution is 0.0931. The van der Waals surface area contributed by atoms with Gasteiger partial charge >= 0.3 is 5.76 Å². The number of amides is 2. The molecule has 0 fully saturated rings. The van der Waals surface area contributed by atoms with E-state index < -0.39 is 17.6 Å². The number of benzene rings is 2. The van der Waals surface area contributed by atoms with Gasteiger partial charge in [-0.2, -0.15) is 10.3 Å². The molecule has 42 heavy (non-hydrogen) atoms. The summed E-state index contributed by atoms with van der Waals surface area (Å²) in [5.41, 5.74) is 11.3. The molecule has 1 atom stereocenters. The molecule has 0 spiro atoms. The molecule has 1 aliphatic rings. The maximum atomic E-state index is 13.4. The first-order valence-electron chi connectivity index (χ1n) is 13.0. The number of hydrogen-bond acceptors (Lipinski definition) is 10. The quantitative estimate of drug-likeness (QED) is 0.228. The van der Waals surface area contributed by atoms with E-state index in [1.165, 1.54) is 21.3 Å². The van der Waals surface area contributed by atoms with Crippen molar-refractivity contribution in [1.82, 2.24) is 50.4 Å². The number of nitrogens with zero attached hydrogens (tertiary/aromatic N) is 7. The summed E-state index contributed by atoms with van der Waals surface area (Å²) in [4.78, 5) is 42.9. The number of H-pyrrole nitrogens is 1. The molecule has 15 nitrogen and oxygen atoms in total. The van der Waals surface area contributed by atoms with Crippen molar-refractivity contribution >= 4 is 34.2 Å². The lowest BCUT2D eigenvalue weighted by atomic mass is 10.0. The number of aromatic amines is 1. The molecular formula is C27H23N11O4. The van der Waals surface area contributed by atoms with Crippen LogP contribution < -0.4 is 22.1 Å². The molecule has 0 saturated carbocycles. The minimum Gasteiger partial charge on any atom is -0.408 e. The van der Waals surface area contributed by atoms with E-state index in [0.29, 0.717) is 23.3 Å². The zero-order valence-electron chi connectivity index (χ0n) is 22.2. The van der Waals surface area contributed by atoms with Gasteiger partial charge in [-0.05, 0) is 52.9 Å². The molecule has 0 radical (unpaired) electrons. The van der Waals surface area contributed by atoms with E-state index in [0.717, 1.165) is 28.7 Å². The third-order valence-electron chi connectivity index (χ3n) is 7.40. The Morgan fingerprint density at radius 3 is 2.88 bits per heavy atom. The third kappa shape index (κ3) is 4.23. The Hall–Kier alpha value is -5.86. The van der Waals surface area contributed by atoms with Crippen LogP contribution in [0.2, 0.25) is 0 Å². The summed E-state index contributed by atoms with van der Waals surface area (Å²) < 4.78 is 7.85. The topological polar surface area (TPSA) is 204 Å². The SMILES string of the molecule is Cn1c(=O)oc2ccc(CNC(=O)c3cc(C(=O)N[C@H]4CCc5cc(-c6nn[nH]n6)ccc54)nc4c(N)cnn34)cc21. The molecule has 4 aromatic heterocycles. The van der Waals surface area contributed by atoms with E-state index >= 15 is 0 Å². The first-order chi connectivity index (χ1) is 20.4. The van der Waals surface area contributed by atoms with Gasteiger partial charge in [-0.25, -0.2) is 14.3 Å². The van der Waals surface area contributed by atoms with E-state index in [2.05, 4.69) is 41.3 Å². The molecule has 5 N–H and O–H groups in total. The molecule has 0 unspecified atom stereocenters. The van der Waals surface area contributed by atoms with Crippen LogP contribution in [0.3, 0.4) is 0 Å². The van der Waals surface area contributed by atoms with E-state index in [9.17, 15) is 14.4 Å².